The highest BCUT2D eigenvalue weighted by atomic mass is 16.3. The van der Waals surface area contributed by atoms with Crippen molar-refractivity contribution in [3.05, 3.63) is 36.0 Å². The van der Waals surface area contributed by atoms with Gasteiger partial charge in [-0.05, 0) is 24.3 Å². The molecular formula is C16H18N4O4. The van der Waals surface area contributed by atoms with Crippen molar-refractivity contribution >= 4 is 29.1 Å². The van der Waals surface area contributed by atoms with Gasteiger partial charge in [-0.3, -0.25) is 19.3 Å². The Labute approximate surface area is 138 Å². The number of rotatable bonds is 5. The van der Waals surface area contributed by atoms with Crippen LogP contribution in [0.1, 0.15) is 0 Å². The molecule has 0 aromatic heterocycles. The molecule has 0 aliphatic carbocycles. The smallest absolute Gasteiger partial charge is 0.277 e. The lowest BCUT2D eigenvalue weighted by molar-refractivity contribution is -0.137. The molecule has 8 nitrogen and oxygen atoms in total. The van der Waals surface area contributed by atoms with E-state index >= 15 is 0 Å². The van der Waals surface area contributed by atoms with E-state index in [1.54, 1.807) is 12.1 Å². The third kappa shape index (κ3) is 3.23. The Hall–Kier alpha value is -2.87. The molecule has 0 spiro atoms. The van der Waals surface area contributed by atoms with E-state index in [1.165, 1.54) is 6.08 Å². The normalized spacial score (nSPS) is 17.9. The highest BCUT2D eigenvalue weighted by Crippen LogP contribution is 2.21. The number of imide groups is 1. The molecule has 3 rings (SSSR count). The van der Waals surface area contributed by atoms with E-state index < -0.39 is 11.8 Å². The highest BCUT2D eigenvalue weighted by molar-refractivity contribution is 6.17. The number of aliphatic hydroxyl groups excluding tert-OH is 1. The first-order chi connectivity index (χ1) is 11.6. The number of nitrogens with one attached hydrogen (secondary N) is 2. The summed E-state index contributed by atoms with van der Waals surface area (Å²) in [5.74, 6) is -0.897. The SMILES string of the molecule is O=C1CN(c2ccc(NC3=CC(=O)N(CCO)C3=O)cc2)CCN1. The molecule has 3 N–H and O–H groups in total. The van der Waals surface area contributed by atoms with Crippen molar-refractivity contribution < 1.29 is 19.5 Å². The van der Waals surface area contributed by atoms with Crippen molar-refractivity contribution in [2.24, 2.45) is 0 Å². The van der Waals surface area contributed by atoms with Gasteiger partial charge in [-0.1, -0.05) is 0 Å². The summed E-state index contributed by atoms with van der Waals surface area (Å²) in [6.07, 6.45) is 1.22. The average Bonchev–Trinajstić information content (AvgIpc) is 2.83. The van der Waals surface area contributed by atoms with Crippen LogP contribution >= 0.6 is 0 Å². The number of aliphatic hydroxyl groups is 1. The van der Waals surface area contributed by atoms with Crippen LogP contribution in [0.4, 0.5) is 11.4 Å². The van der Waals surface area contributed by atoms with Crippen LogP contribution in [-0.2, 0) is 14.4 Å². The van der Waals surface area contributed by atoms with E-state index in [-0.39, 0.29) is 24.8 Å². The van der Waals surface area contributed by atoms with Crippen molar-refractivity contribution in [2.45, 2.75) is 0 Å². The molecule has 2 aliphatic heterocycles. The van der Waals surface area contributed by atoms with Gasteiger partial charge in [0.2, 0.25) is 5.91 Å². The van der Waals surface area contributed by atoms with E-state index in [0.717, 1.165) is 17.1 Å². The number of hydrogen-bond acceptors (Lipinski definition) is 6. The zero-order chi connectivity index (χ0) is 17.1. The summed E-state index contributed by atoms with van der Waals surface area (Å²) in [6.45, 7) is 1.39. The summed E-state index contributed by atoms with van der Waals surface area (Å²) in [4.78, 5) is 38.2. The molecule has 1 saturated heterocycles. The van der Waals surface area contributed by atoms with Crippen LogP contribution in [-0.4, -0.2) is 60.5 Å². The van der Waals surface area contributed by atoms with E-state index in [4.69, 9.17) is 5.11 Å². The van der Waals surface area contributed by atoms with E-state index in [1.807, 2.05) is 17.0 Å². The Kier molecular flexibility index (Phi) is 4.48. The molecule has 1 aromatic carbocycles. The maximum atomic E-state index is 12.1. The zero-order valence-corrected chi connectivity index (χ0v) is 13.0. The van der Waals surface area contributed by atoms with Gasteiger partial charge in [0.25, 0.3) is 11.8 Å². The van der Waals surface area contributed by atoms with Crippen molar-refractivity contribution in [1.82, 2.24) is 10.2 Å². The molecule has 0 bridgehead atoms. The monoisotopic (exact) mass is 330 g/mol. The third-order valence-electron chi connectivity index (χ3n) is 3.88. The Morgan fingerprint density at radius 2 is 1.92 bits per heavy atom. The van der Waals surface area contributed by atoms with Gasteiger partial charge in [-0.2, -0.15) is 0 Å². The van der Waals surface area contributed by atoms with Crippen LogP contribution < -0.4 is 15.5 Å². The lowest BCUT2D eigenvalue weighted by atomic mass is 10.2. The van der Waals surface area contributed by atoms with Gasteiger partial charge in [0.15, 0.2) is 0 Å². The predicted molar refractivity (Wildman–Crippen MR) is 87.2 cm³/mol. The molecule has 0 unspecified atom stereocenters. The Morgan fingerprint density at radius 3 is 2.58 bits per heavy atom. The molecule has 0 radical (unpaired) electrons. The number of nitrogens with zero attached hydrogens (tertiary/aromatic N) is 2. The third-order valence-corrected chi connectivity index (χ3v) is 3.88. The summed E-state index contributed by atoms with van der Waals surface area (Å²) in [5, 5.41) is 14.6. The van der Waals surface area contributed by atoms with Crippen LogP contribution in [0.15, 0.2) is 36.0 Å². The minimum atomic E-state index is -0.453. The highest BCUT2D eigenvalue weighted by Gasteiger charge is 2.30. The van der Waals surface area contributed by atoms with Gasteiger partial charge in [0.1, 0.15) is 5.70 Å². The molecule has 0 saturated carbocycles. The zero-order valence-electron chi connectivity index (χ0n) is 13.0. The number of carbonyl (C=O) groups excluding carboxylic acids is 3. The fourth-order valence-corrected chi connectivity index (χ4v) is 2.68. The first-order valence-electron chi connectivity index (χ1n) is 7.65. The van der Waals surface area contributed by atoms with Gasteiger partial charge < -0.3 is 20.6 Å². The van der Waals surface area contributed by atoms with Gasteiger partial charge in [0.05, 0.1) is 19.7 Å². The number of carbonyl (C=O) groups is 3. The summed E-state index contributed by atoms with van der Waals surface area (Å²) in [7, 11) is 0. The molecule has 8 heteroatoms. The second-order valence-corrected chi connectivity index (χ2v) is 5.52. The molecule has 1 fully saturated rings. The molecule has 0 atom stereocenters. The fourth-order valence-electron chi connectivity index (χ4n) is 2.68. The molecule has 24 heavy (non-hydrogen) atoms. The fraction of sp³-hybridized carbons (Fsp3) is 0.312. The molecule has 1 aromatic rings. The first kappa shape index (κ1) is 16.0. The van der Waals surface area contributed by atoms with Crippen LogP contribution in [0, 0.1) is 0 Å². The number of benzene rings is 1. The summed E-state index contributed by atoms with van der Waals surface area (Å²) < 4.78 is 0. The maximum Gasteiger partial charge on any atom is 0.277 e. The number of piperazine rings is 1. The van der Waals surface area contributed by atoms with Crippen LogP contribution in [0.25, 0.3) is 0 Å². The van der Waals surface area contributed by atoms with Crippen LogP contribution in [0.2, 0.25) is 0 Å². The largest absolute Gasteiger partial charge is 0.395 e. The summed E-state index contributed by atoms with van der Waals surface area (Å²) in [6, 6.07) is 7.28. The molecule has 3 amide bonds. The Morgan fingerprint density at radius 1 is 1.17 bits per heavy atom. The predicted octanol–water partition coefficient (Wildman–Crippen LogP) is -0.720. The van der Waals surface area contributed by atoms with E-state index in [0.29, 0.717) is 18.8 Å². The minimum Gasteiger partial charge on any atom is -0.395 e. The van der Waals surface area contributed by atoms with Crippen LogP contribution in [0.5, 0.6) is 0 Å². The second kappa shape index (κ2) is 6.71. The summed E-state index contributed by atoms with van der Waals surface area (Å²) >= 11 is 0. The maximum absolute atomic E-state index is 12.1. The lowest BCUT2D eigenvalue weighted by Gasteiger charge is -2.28. The van der Waals surface area contributed by atoms with E-state index in [2.05, 4.69) is 10.6 Å². The standard InChI is InChI=1S/C16H18N4O4/c21-8-7-20-15(23)9-13(16(20)24)18-11-1-3-12(4-2-11)19-6-5-17-14(22)10-19/h1-4,9,18,21H,5-8,10H2,(H,17,22). The summed E-state index contributed by atoms with van der Waals surface area (Å²) in [5.41, 5.74) is 1.76. The van der Waals surface area contributed by atoms with Crippen molar-refractivity contribution in [3.63, 3.8) is 0 Å². The van der Waals surface area contributed by atoms with Gasteiger partial charge in [-0.15, -0.1) is 0 Å². The van der Waals surface area contributed by atoms with Gasteiger partial charge >= 0.3 is 0 Å². The number of β-amino-alcohol motifs (C(OH)–C–C–N with tert-alkyl or cyclic N) is 1. The van der Waals surface area contributed by atoms with Crippen molar-refractivity contribution in [2.75, 3.05) is 43.0 Å². The Bertz CT molecular complexity index is 699. The van der Waals surface area contributed by atoms with Crippen LogP contribution in [0.3, 0.4) is 0 Å². The minimum absolute atomic E-state index is 0.00681. The Balaban J connectivity index is 1.66. The molecule has 2 aliphatic rings. The first-order valence-corrected chi connectivity index (χ1v) is 7.65. The van der Waals surface area contributed by atoms with Crippen molar-refractivity contribution in [1.29, 1.82) is 0 Å². The number of amides is 3. The molecular weight excluding hydrogens is 312 g/mol. The number of hydrogen-bond donors (Lipinski definition) is 3. The topological polar surface area (TPSA) is 102 Å². The second-order valence-electron chi connectivity index (χ2n) is 5.52. The molecule has 2 heterocycles. The van der Waals surface area contributed by atoms with E-state index in [9.17, 15) is 14.4 Å². The van der Waals surface area contributed by atoms with Gasteiger partial charge in [-0.25, -0.2) is 0 Å². The lowest BCUT2D eigenvalue weighted by Crippen LogP contribution is -2.47. The van der Waals surface area contributed by atoms with Gasteiger partial charge in [0, 0.05) is 30.5 Å². The average molecular weight is 330 g/mol. The molecule has 126 valence electrons. The quantitative estimate of drug-likeness (QED) is 0.616. The van der Waals surface area contributed by atoms with Crippen molar-refractivity contribution in [3.8, 4) is 0 Å². The number of anilines is 2.